The van der Waals surface area contributed by atoms with Gasteiger partial charge < -0.3 is 10.1 Å². The highest BCUT2D eigenvalue weighted by Crippen LogP contribution is 2.48. The summed E-state index contributed by atoms with van der Waals surface area (Å²) in [6, 6.07) is 15.4. The van der Waals surface area contributed by atoms with E-state index < -0.39 is 0 Å². The van der Waals surface area contributed by atoms with E-state index in [2.05, 4.69) is 11.4 Å². The average molecular weight is 380 g/mol. The van der Waals surface area contributed by atoms with Crippen LogP contribution in [0.25, 0.3) is 0 Å². The number of para-hydroxylation sites is 1. The van der Waals surface area contributed by atoms with Crippen LogP contribution in [0.1, 0.15) is 15.7 Å². The van der Waals surface area contributed by atoms with Gasteiger partial charge in [0.2, 0.25) is 0 Å². The van der Waals surface area contributed by atoms with Gasteiger partial charge in [-0.2, -0.15) is 0 Å². The van der Waals surface area contributed by atoms with Crippen LogP contribution >= 0.6 is 35.1 Å². The molecule has 6 heteroatoms. The standard InChI is InChI=1S/C18H18ClNO2S2/c19-14-5-3-4-13(10-14)11-20-17(21)12-22-16-7-2-1-6-15(16)18-23-8-9-24-18/h1-7,10,18H,8-9,11-12H2,(H,20,21). The smallest absolute Gasteiger partial charge is 0.258 e. The predicted octanol–water partition coefficient (Wildman–Crippen LogP) is 4.51. The first-order chi connectivity index (χ1) is 11.7. The predicted molar refractivity (Wildman–Crippen MR) is 103 cm³/mol. The molecule has 2 aromatic rings. The average Bonchev–Trinajstić information content (AvgIpc) is 3.13. The quantitative estimate of drug-likeness (QED) is 0.801. The van der Waals surface area contributed by atoms with Gasteiger partial charge in [-0.1, -0.05) is 41.9 Å². The van der Waals surface area contributed by atoms with Crippen molar-refractivity contribution >= 4 is 41.0 Å². The minimum atomic E-state index is -0.142. The first kappa shape index (κ1) is 17.5. The van der Waals surface area contributed by atoms with Gasteiger partial charge in [0.25, 0.3) is 5.91 Å². The SMILES string of the molecule is O=C(COc1ccccc1C1SCCS1)NCc1cccc(Cl)c1. The molecule has 0 atom stereocenters. The normalized spacial score (nSPS) is 14.5. The molecule has 1 fully saturated rings. The van der Waals surface area contributed by atoms with Crippen molar-refractivity contribution in [2.45, 2.75) is 11.1 Å². The van der Waals surface area contributed by atoms with Crippen molar-refractivity contribution in [3.05, 3.63) is 64.7 Å². The molecule has 1 saturated heterocycles. The highest BCUT2D eigenvalue weighted by Gasteiger charge is 2.21. The van der Waals surface area contributed by atoms with Gasteiger partial charge in [0.15, 0.2) is 6.61 Å². The van der Waals surface area contributed by atoms with Crippen LogP contribution in [0.15, 0.2) is 48.5 Å². The number of carbonyl (C=O) groups is 1. The zero-order chi connectivity index (χ0) is 16.8. The minimum Gasteiger partial charge on any atom is -0.483 e. The Hall–Kier alpha value is -1.30. The largest absolute Gasteiger partial charge is 0.483 e. The summed E-state index contributed by atoms with van der Waals surface area (Å²) in [5, 5.41) is 3.52. The van der Waals surface area contributed by atoms with Crippen molar-refractivity contribution in [1.82, 2.24) is 5.32 Å². The zero-order valence-electron chi connectivity index (χ0n) is 13.0. The lowest BCUT2D eigenvalue weighted by molar-refractivity contribution is -0.123. The van der Waals surface area contributed by atoms with Crippen molar-refractivity contribution in [1.29, 1.82) is 0 Å². The Morgan fingerprint density at radius 3 is 2.75 bits per heavy atom. The summed E-state index contributed by atoms with van der Waals surface area (Å²) in [6.07, 6.45) is 0. The van der Waals surface area contributed by atoms with E-state index in [4.69, 9.17) is 16.3 Å². The molecule has 1 amide bonds. The second-order valence-corrected chi connectivity index (χ2v) is 8.47. The maximum atomic E-state index is 12.0. The molecule has 0 saturated carbocycles. The van der Waals surface area contributed by atoms with Crippen molar-refractivity contribution in [3.8, 4) is 5.75 Å². The molecule has 2 aromatic carbocycles. The molecule has 0 radical (unpaired) electrons. The highest BCUT2D eigenvalue weighted by atomic mass is 35.5. The number of nitrogens with one attached hydrogen (secondary N) is 1. The number of benzene rings is 2. The molecule has 3 nitrogen and oxygen atoms in total. The van der Waals surface area contributed by atoms with Gasteiger partial charge in [-0.15, -0.1) is 23.5 Å². The third-order valence-electron chi connectivity index (χ3n) is 3.53. The Kier molecular flexibility index (Phi) is 6.35. The molecule has 24 heavy (non-hydrogen) atoms. The lowest BCUT2D eigenvalue weighted by Gasteiger charge is -2.15. The maximum Gasteiger partial charge on any atom is 0.258 e. The van der Waals surface area contributed by atoms with E-state index in [1.807, 2.05) is 66.0 Å². The van der Waals surface area contributed by atoms with E-state index in [0.29, 0.717) is 16.1 Å². The number of rotatable bonds is 6. The molecule has 0 aliphatic carbocycles. The lowest BCUT2D eigenvalue weighted by Crippen LogP contribution is -2.28. The Labute approximate surface area is 155 Å². The van der Waals surface area contributed by atoms with Crippen LogP contribution < -0.4 is 10.1 Å². The molecule has 0 aromatic heterocycles. The van der Waals surface area contributed by atoms with Gasteiger partial charge in [0.1, 0.15) is 5.75 Å². The summed E-state index contributed by atoms with van der Waals surface area (Å²) in [4.78, 5) is 12.0. The Morgan fingerprint density at radius 2 is 1.96 bits per heavy atom. The molecule has 0 spiro atoms. The number of halogens is 1. The van der Waals surface area contributed by atoms with Gasteiger partial charge in [0.05, 0.1) is 4.58 Å². The van der Waals surface area contributed by atoms with E-state index in [0.717, 1.165) is 28.4 Å². The molecule has 1 N–H and O–H groups in total. The first-order valence-electron chi connectivity index (χ1n) is 7.68. The number of hydrogen-bond donors (Lipinski definition) is 1. The van der Waals surface area contributed by atoms with Crippen LogP contribution in [-0.4, -0.2) is 24.0 Å². The van der Waals surface area contributed by atoms with E-state index in [1.54, 1.807) is 0 Å². The highest BCUT2D eigenvalue weighted by molar-refractivity contribution is 8.19. The van der Waals surface area contributed by atoms with E-state index in [-0.39, 0.29) is 12.5 Å². The number of thioether (sulfide) groups is 2. The molecule has 1 aliphatic rings. The molecule has 1 aliphatic heterocycles. The van der Waals surface area contributed by atoms with E-state index in [9.17, 15) is 4.79 Å². The molecule has 3 rings (SSSR count). The summed E-state index contributed by atoms with van der Waals surface area (Å²) in [5.41, 5.74) is 2.13. The van der Waals surface area contributed by atoms with Gasteiger partial charge in [-0.25, -0.2) is 0 Å². The molecule has 0 unspecified atom stereocenters. The lowest BCUT2D eigenvalue weighted by atomic mass is 10.2. The number of carbonyl (C=O) groups excluding carboxylic acids is 1. The van der Waals surface area contributed by atoms with Gasteiger partial charge in [0, 0.05) is 28.6 Å². The summed E-state index contributed by atoms with van der Waals surface area (Å²) in [5.74, 6) is 2.96. The molecular weight excluding hydrogens is 362 g/mol. The van der Waals surface area contributed by atoms with Crippen LogP contribution in [0.5, 0.6) is 5.75 Å². The van der Waals surface area contributed by atoms with E-state index >= 15 is 0 Å². The van der Waals surface area contributed by atoms with E-state index in [1.165, 1.54) is 0 Å². The molecule has 126 valence electrons. The number of amides is 1. The van der Waals surface area contributed by atoms with Gasteiger partial charge in [-0.3, -0.25) is 4.79 Å². The summed E-state index contributed by atoms with van der Waals surface area (Å²) < 4.78 is 6.16. The summed E-state index contributed by atoms with van der Waals surface area (Å²) in [6.45, 7) is 0.457. The second-order valence-electron chi connectivity index (χ2n) is 5.31. The van der Waals surface area contributed by atoms with Crippen LogP contribution in [0.3, 0.4) is 0 Å². The third-order valence-corrected chi connectivity index (χ3v) is 6.84. The van der Waals surface area contributed by atoms with Crippen molar-refractivity contribution < 1.29 is 9.53 Å². The van der Waals surface area contributed by atoms with Gasteiger partial charge in [-0.05, 0) is 23.8 Å². The first-order valence-corrected chi connectivity index (χ1v) is 10.2. The van der Waals surface area contributed by atoms with Crippen LogP contribution in [0.2, 0.25) is 5.02 Å². The minimum absolute atomic E-state index is 0.0135. The Bertz CT molecular complexity index is 705. The van der Waals surface area contributed by atoms with Crippen molar-refractivity contribution in [2.24, 2.45) is 0 Å². The third kappa shape index (κ3) is 4.85. The maximum absolute atomic E-state index is 12.0. The number of ether oxygens (including phenoxy) is 1. The second kappa shape index (κ2) is 8.70. The van der Waals surface area contributed by atoms with Crippen LogP contribution in [0, 0.1) is 0 Å². The monoisotopic (exact) mass is 379 g/mol. The van der Waals surface area contributed by atoms with Crippen LogP contribution in [-0.2, 0) is 11.3 Å². The molecule has 1 heterocycles. The van der Waals surface area contributed by atoms with Gasteiger partial charge >= 0.3 is 0 Å². The fraction of sp³-hybridized carbons (Fsp3) is 0.278. The summed E-state index contributed by atoms with van der Waals surface area (Å²) >= 11 is 9.78. The summed E-state index contributed by atoms with van der Waals surface area (Å²) in [7, 11) is 0. The van der Waals surface area contributed by atoms with Crippen LogP contribution in [0.4, 0.5) is 0 Å². The molecule has 0 bridgehead atoms. The van der Waals surface area contributed by atoms with Crippen molar-refractivity contribution in [3.63, 3.8) is 0 Å². The fourth-order valence-electron chi connectivity index (χ4n) is 2.39. The Balaban J connectivity index is 1.53. The van der Waals surface area contributed by atoms with Crippen molar-refractivity contribution in [2.75, 3.05) is 18.1 Å². The fourth-order valence-corrected chi connectivity index (χ4v) is 5.51. The topological polar surface area (TPSA) is 38.3 Å². The molecular formula is C18H18ClNO2S2. The Morgan fingerprint density at radius 1 is 1.17 bits per heavy atom. The zero-order valence-corrected chi connectivity index (χ0v) is 15.4. The number of hydrogen-bond acceptors (Lipinski definition) is 4.